The molecule has 0 spiro atoms. The van der Waals surface area contributed by atoms with Gasteiger partial charge in [-0.3, -0.25) is 4.55 Å². The van der Waals surface area contributed by atoms with Crippen molar-refractivity contribution < 1.29 is 27.9 Å². The van der Waals surface area contributed by atoms with E-state index in [0.29, 0.717) is 0 Å². The summed E-state index contributed by atoms with van der Waals surface area (Å²) in [6.45, 7) is 0. The lowest BCUT2D eigenvalue weighted by molar-refractivity contribution is 0.00243. The van der Waals surface area contributed by atoms with Crippen LogP contribution in [0.2, 0.25) is 0 Å². The molecule has 0 fully saturated rings. The van der Waals surface area contributed by atoms with E-state index in [4.69, 9.17) is 4.55 Å². The molecule has 0 aromatic rings. The summed E-state index contributed by atoms with van der Waals surface area (Å²) >= 11 is 0. The monoisotopic (exact) mass is 222 g/mol. The molecule has 0 aromatic carbocycles. The molecule has 1 rings (SSSR count). The number of rotatable bonds is 2. The highest BCUT2D eigenvalue weighted by atomic mass is 32.2. The van der Waals surface area contributed by atoms with Crippen LogP contribution in [-0.2, 0) is 14.9 Å². The number of aliphatic hydroxyl groups excluding tert-OH is 1. The Morgan fingerprint density at radius 3 is 2.57 bits per heavy atom. The van der Waals surface area contributed by atoms with Gasteiger partial charge in [0.1, 0.15) is 5.76 Å². The molecule has 7 heteroatoms. The Hall–Kier alpha value is -0.890. The minimum atomic E-state index is -4.82. The number of hydrogen-bond donors (Lipinski definition) is 3. The molecule has 0 amide bonds. The average molecular weight is 222 g/mol. The van der Waals surface area contributed by atoms with Crippen LogP contribution in [0.15, 0.2) is 24.0 Å². The molecule has 14 heavy (non-hydrogen) atoms. The molecule has 0 aliphatic heterocycles. The van der Waals surface area contributed by atoms with E-state index in [1.165, 1.54) is 19.3 Å². The Morgan fingerprint density at radius 2 is 2.14 bits per heavy atom. The predicted octanol–water partition coefficient (Wildman–Crippen LogP) is -0.976. The lowest BCUT2D eigenvalue weighted by Crippen LogP contribution is -2.49. The molecule has 0 bridgehead atoms. The van der Waals surface area contributed by atoms with E-state index in [1.807, 2.05) is 0 Å². The molecule has 0 radical (unpaired) electrons. The van der Waals surface area contributed by atoms with Gasteiger partial charge in [0, 0.05) is 0 Å². The Labute approximate surface area is 80.9 Å². The van der Waals surface area contributed by atoms with Gasteiger partial charge in [-0.2, -0.15) is 8.42 Å². The Bertz CT molecular complexity index is 381. The predicted molar refractivity (Wildman–Crippen MR) is 46.7 cm³/mol. The van der Waals surface area contributed by atoms with Crippen molar-refractivity contribution in [2.24, 2.45) is 0 Å². The van der Waals surface area contributed by atoms with Gasteiger partial charge in [-0.05, 0) is 12.2 Å². The zero-order valence-corrected chi connectivity index (χ0v) is 8.10. The van der Waals surface area contributed by atoms with Crippen LogP contribution in [0, 0.1) is 0 Å². The van der Waals surface area contributed by atoms with E-state index in [2.05, 4.69) is 4.74 Å². The summed E-state index contributed by atoms with van der Waals surface area (Å²) in [6, 6.07) is 0. The zero-order valence-electron chi connectivity index (χ0n) is 7.28. The fourth-order valence-corrected chi connectivity index (χ4v) is 1.72. The molecule has 1 aliphatic rings. The number of aliphatic hydroxyl groups is 2. The molecular formula is C7H10O6S. The Kier molecular flexibility index (Phi) is 2.68. The SMILES string of the molecule is COC1=CC=CC(O)(S(=O)(=O)O)C1O. The third-order valence-corrected chi connectivity index (χ3v) is 3.09. The number of hydrogen-bond acceptors (Lipinski definition) is 5. The van der Waals surface area contributed by atoms with Gasteiger partial charge in [-0.1, -0.05) is 6.08 Å². The molecule has 2 unspecified atom stereocenters. The number of allylic oxidation sites excluding steroid dienone is 2. The van der Waals surface area contributed by atoms with Gasteiger partial charge in [-0.15, -0.1) is 0 Å². The van der Waals surface area contributed by atoms with Crippen molar-refractivity contribution in [3.63, 3.8) is 0 Å². The molecule has 0 aromatic heterocycles. The van der Waals surface area contributed by atoms with Gasteiger partial charge < -0.3 is 14.9 Å². The summed E-state index contributed by atoms with van der Waals surface area (Å²) in [5.74, 6) is -0.146. The van der Waals surface area contributed by atoms with Crippen molar-refractivity contribution in [1.82, 2.24) is 0 Å². The molecule has 1 aliphatic carbocycles. The van der Waals surface area contributed by atoms with Crippen LogP contribution in [0.1, 0.15) is 0 Å². The van der Waals surface area contributed by atoms with Gasteiger partial charge in [0.2, 0.25) is 4.93 Å². The van der Waals surface area contributed by atoms with E-state index in [9.17, 15) is 18.6 Å². The molecular weight excluding hydrogens is 212 g/mol. The van der Waals surface area contributed by atoms with Crippen molar-refractivity contribution in [3.05, 3.63) is 24.0 Å². The minimum Gasteiger partial charge on any atom is -0.498 e. The van der Waals surface area contributed by atoms with Crippen molar-refractivity contribution >= 4 is 10.1 Å². The Morgan fingerprint density at radius 1 is 1.57 bits per heavy atom. The maximum absolute atomic E-state index is 10.8. The summed E-state index contributed by atoms with van der Waals surface area (Å²) in [7, 11) is -3.61. The lowest BCUT2D eigenvalue weighted by atomic mass is 10.1. The first-order valence-corrected chi connectivity index (χ1v) is 5.08. The van der Waals surface area contributed by atoms with Gasteiger partial charge in [0.25, 0.3) is 0 Å². The van der Waals surface area contributed by atoms with Crippen LogP contribution in [0.3, 0.4) is 0 Å². The second-order valence-corrected chi connectivity index (χ2v) is 4.37. The molecule has 0 heterocycles. The van der Waals surface area contributed by atoms with Crippen LogP contribution in [-0.4, -0.2) is 41.3 Å². The Balaban J connectivity index is 3.19. The number of methoxy groups -OCH3 is 1. The molecule has 80 valence electrons. The van der Waals surface area contributed by atoms with Crippen molar-refractivity contribution in [2.75, 3.05) is 7.11 Å². The molecule has 0 saturated carbocycles. The maximum Gasteiger partial charge on any atom is 0.302 e. The van der Waals surface area contributed by atoms with Crippen LogP contribution < -0.4 is 0 Å². The fraction of sp³-hybridized carbons (Fsp3) is 0.429. The lowest BCUT2D eigenvalue weighted by Gasteiger charge is -2.29. The fourth-order valence-electron chi connectivity index (χ4n) is 1.07. The normalized spacial score (nSPS) is 32.6. The summed E-state index contributed by atoms with van der Waals surface area (Å²) in [4.78, 5) is -2.74. The average Bonchev–Trinajstić information content (AvgIpc) is 2.08. The summed E-state index contributed by atoms with van der Waals surface area (Å²) in [5, 5.41) is 18.9. The van der Waals surface area contributed by atoms with Crippen LogP contribution in [0.25, 0.3) is 0 Å². The van der Waals surface area contributed by atoms with Gasteiger partial charge in [0.05, 0.1) is 7.11 Å². The molecule has 6 nitrogen and oxygen atoms in total. The standard InChI is InChI=1S/C7H10O6S/c1-13-5-3-2-4-7(9,6(5)8)14(10,11)12/h2-4,6,8-9H,1H3,(H,10,11,12). The first kappa shape index (κ1) is 11.2. The van der Waals surface area contributed by atoms with Crippen molar-refractivity contribution in [3.8, 4) is 0 Å². The largest absolute Gasteiger partial charge is 0.498 e. The number of ether oxygens (including phenoxy) is 1. The second-order valence-electron chi connectivity index (χ2n) is 2.76. The first-order valence-electron chi connectivity index (χ1n) is 3.64. The maximum atomic E-state index is 10.8. The summed E-state index contributed by atoms with van der Waals surface area (Å²) in [6.07, 6.45) is 1.38. The summed E-state index contributed by atoms with van der Waals surface area (Å²) < 4.78 is 34.9. The van der Waals surface area contributed by atoms with E-state index in [0.717, 1.165) is 6.08 Å². The highest BCUT2D eigenvalue weighted by Crippen LogP contribution is 2.28. The topological polar surface area (TPSA) is 104 Å². The third kappa shape index (κ3) is 1.55. The van der Waals surface area contributed by atoms with Crippen LogP contribution >= 0.6 is 0 Å². The third-order valence-electron chi connectivity index (χ3n) is 1.91. The molecule has 2 atom stereocenters. The summed E-state index contributed by atoms with van der Waals surface area (Å²) in [5.41, 5.74) is 0. The molecule has 0 saturated heterocycles. The van der Waals surface area contributed by atoms with Gasteiger partial charge in [-0.25, -0.2) is 0 Å². The van der Waals surface area contributed by atoms with E-state index in [-0.39, 0.29) is 5.76 Å². The minimum absolute atomic E-state index is 0.146. The van der Waals surface area contributed by atoms with Crippen LogP contribution in [0.4, 0.5) is 0 Å². The van der Waals surface area contributed by atoms with Crippen molar-refractivity contribution in [1.29, 1.82) is 0 Å². The van der Waals surface area contributed by atoms with E-state index < -0.39 is 21.2 Å². The highest BCUT2D eigenvalue weighted by Gasteiger charge is 2.49. The van der Waals surface area contributed by atoms with E-state index in [1.54, 1.807) is 0 Å². The quantitative estimate of drug-likeness (QED) is 0.519. The van der Waals surface area contributed by atoms with Gasteiger partial charge in [0.15, 0.2) is 6.10 Å². The smallest absolute Gasteiger partial charge is 0.302 e. The van der Waals surface area contributed by atoms with Crippen molar-refractivity contribution in [2.45, 2.75) is 11.0 Å². The van der Waals surface area contributed by atoms with Crippen LogP contribution in [0.5, 0.6) is 0 Å². The van der Waals surface area contributed by atoms with E-state index >= 15 is 0 Å². The van der Waals surface area contributed by atoms with Gasteiger partial charge >= 0.3 is 10.1 Å². The zero-order chi connectivity index (χ0) is 11.0. The second kappa shape index (κ2) is 3.35. The highest BCUT2D eigenvalue weighted by molar-refractivity contribution is 7.87. The molecule has 3 N–H and O–H groups in total. The first-order chi connectivity index (χ1) is 6.33.